The Kier molecular flexibility index (Phi) is 2.15. The second-order valence-electron chi connectivity index (χ2n) is 3.66. The van der Waals surface area contributed by atoms with Gasteiger partial charge in [-0.3, -0.25) is 4.79 Å². The van der Waals surface area contributed by atoms with Crippen molar-refractivity contribution in [3.8, 4) is 0 Å². The monoisotopic (exact) mass is 190 g/mol. The van der Waals surface area contributed by atoms with Crippen molar-refractivity contribution in [2.24, 2.45) is 0 Å². The number of hydrogen-bond acceptors (Lipinski definition) is 2. The smallest absolute Gasteiger partial charge is 0.227 e. The molecule has 1 heterocycles. The standard InChI is InChI=1S/C11H14N2O/c1-8-4-2-5-9(11(8)12)13-7-3-6-10(13)14/h2,4-5H,3,6-7,12H2,1H3. The van der Waals surface area contributed by atoms with Gasteiger partial charge in [0.2, 0.25) is 5.91 Å². The lowest BCUT2D eigenvalue weighted by atomic mass is 10.1. The van der Waals surface area contributed by atoms with Crippen molar-refractivity contribution in [2.45, 2.75) is 19.8 Å². The van der Waals surface area contributed by atoms with Crippen LogP contribution in [0.25, 0.3) is 0 Å². The van der Waals surface area contributed by atoms with Crippen molar-refractivity contribution in [1.29, 1.82) is 0 Å². The van der Waals surface area contributed by atoms with Crippen LogP contribution in [0.3, 0.4) is 0 Å². The maximum absolute atomic E-state index is 11.5. The maximum Gasteiger partial charge on any atom is 0.227 e. The molecule has 1 aliphatic heterocycles. The van der Waals surface area contributed by atoms with Gasteiger partial charge < -0.3 is 10.6 Å². The minimum atomic E-state index is 0.183. The molecule has 3 heteroatoms. The second-order valence-corrected chi connectivity index (χ2v) is 3.66. The maximum atomic E-state index is 11.5. The van der Waals surface area contributed by atoms with E-state index in [9.17, 15) is 4.79 Å². The first kappa shape index (κ1) is 9.06. The Morgan fingerprint density at radius 2 is 2.21 bits per heavy atom. The van der Waals surface area contributed by atoms with Crippen molar-refractivity contribution >= 4 is 17.3 Å². The molecular weight excluding hydrogens is 176 g/mol. The number of aryl methyl sites for hydroxylation is 1. The van der Waals surface area contributed by atoms with Gasteiger partial charge in [-0.25, -0.2) is 0 Å². The first-order valence-corrected chi connectivity index (χ1v) is 4.85. The number of hydrogen-bond donors (Lipinski definition) is 1. The number of anilines is 2. The summed E-state index contributed by atoms with van der Waals surface area (Å²) in [6.45, 7) is 2.76. The Morgan fingerprint density at radius 3 is 2.86 bits per heavy atom. The molecule has 1 amide bonds. The molecule has 3 nitrogen and oxygen atoms in total. The Hall–Kier alpha value is -1.51. The van der Waals surface area contributed by atoms with Crippen molar-refractivity contribution in [3.63, 3.8) is 0 Å². The fourth-order valence-corrected chi connectivity index (χ4v) is 1.80. The van der Waals surface area contributed by atoms with Crippen LogP contribution in [0.2, 0.25) is 0 Å². The lowest BCUT2D eigenvalue weighted by molar-refractivity contribution is -0.117. The van der Waals surface area contributed by atoms with E-state index in [2.05, 4.69) is 0 Å². The molecule has 2 rings (SSSR count). The van der Waals surface area contributed by atoms with Crippen LogP contribution in [0.4, 0.5) is 11.4 Å². The van der Waals surface area contributed by atoms with Gasteiger partial charge in [0, 0.05) is 13.0 Å². The zero-order valence-corrected chi connectivity index (χ0v) is 8.29. The Bertz CT molecular complexity index is 374. The second kappa shape index (κ2) is 3.33. The summed E-state index contributed by atoms with van der Waals surface area (Å²) >= 11 is 0. The van der Waals surface area contributed by atoms with E-state index >= 15 is 0 Å². The van der Waals surface area contributed by atoms with Crippen LogP contribution in [0.15, 0.2) is 18.2 Å². The summed E-state index contributed by atoms with van der Waals surface area (Å²) in [5.74, 6) is 0.183. The summed E-state index contributed by atoms with van der Waals surface area (Å²) in [4.78, 5) is 13.3. The van der Waals surface area contributed by atoms with E-state index in [-0.39, 0.29) is 5.91 Å². The zero-order valence-electron chi connectivity index (χ0n) is 8.29. The molecule has 1 saturated heterocycles. The van der Waals surface area contributed by atoms with Gasteiger partial charge in [0.1, 0.15) is 0 Å². The fourth-order valence-electron chi connectivity index (χ4n) is 1.80. The molecular formula is C11H14N2O. The number of rotatable bonds is 1. The SMILES string of the molecule is Cc1cccc(N2CCCC2=O)c1N. The van der Waals surface area contributed by atoms with Gasteiger partial charge in [0.05, 0.1) is 11.4 Å². The molecule has 1 aromatic rings. The van der Waals surface area contributed by atoms with Crippen LogP contribution in [0.5, 0.6) is 0 Å². The Labute approximate surface area is 83.5 Å². The van der Waals surface area contributed by atoms with Crippen LogP contribution in [0.1, 0.15) is 18.4 Å². The van der Waals surface area contributed by atoms with Gasteiger partial charge in [-0.15, -0.1) is 0 Å². The molecule has 0 atom stereocenters. The minimum absolute atomic E-state index is 0.183. The highest BCUT2D eigenvalue weighted by Gasteiger charge is 2.23. The van der Waals surface area contributed by atoms with Crippen molar-refractivity contribution in [2.75, 3.05) is 17.2 Å². The third-order valence-corrected chi connectivity index (χ3v) is 2.67. The first-order chi connectivity index (χ1) is 6.70. The first-order valence-electron chi connectivity index (χ1n) is 4.85. The van der Waals surface area contributed by atoms with Crippen LogP contribution in [-0.4, -0.2) is 12.5 Å². The van der Waals surface area contributed by atoms with Gasteiger partial charge >= 0.3 is 0 Å². The van der Waals surface area contributed by atoms with E-state index < -0.39 is 0 Å². The quantitative estimate of drug-likeness (QED) is 0.685. The highest BCUT2D eigenvalue weighted by atomic mass is 16.2. The molecule has 1 aliphatic rings. The number of nitrogens with zero attached hydrogens (tertiary/aromatic N) is 1. The fraction of sp³-hybridized carbons (Fsp3) is 0.364. The predicted molar refractivity (Wildman–Crippen MR) is 57.2 cm³/mol. The highest BCUT2D eigenvalue weighted by Crippen LogP contribution is 2.29. The molecule has 0 spiro atoms. The third-order valence-electron chi connectivity index (χ3n) is 2.67. The molecule has 14 heavy (non-hydrogen) atoms. The number of carbonyl (C=O) groups excluding carboxylic acids is 1. The van der Waals surface area contributed by atoms with Gasteiger partial charge in [0.25, 0.3) is 0 Å². The number of benzene rings is 1. The molecule has 0 saturated carbocycles. The van der Waals surface area contributed by atoms with Gasteiger partial charge in [-0.1, -0.05) is 12.1 Å². The molecule has 74 valence electrons. The molecule has 0 bridgehead atoms. The number of para-hydroxylation sites is 1. The van der Waals surface area contributed by atoms with Crippen molar-refractivity contribution in [1.82, 2.24) is 0 Å². The third kappa shape index (κ3) is 1.35. The van der Waals surface area contributed by atoms with Crippen LogP contribution >= 0.6 is 0 Å². The van der Waals surface area contributed by atoms with E-state index in [1.165, 1.54) is 0 Å². The molecule has 0 unspecified atom stereocenters. The van der Waals surface area contributed by atoms with E-state index in [1.807, 2.05) is 25.1 Å². The van der Waals surface area contributed by atoms with Crippen LogP contribution < -0.4 is 10.6 Å². The average Bonchev–Trinajstić information content (AvgIpc) is 2.57. The molecule has 0 radical (unpaired) electrons. The lowest BCUT2D eigenvalue weighted by Gasteiger charge is -2.18. The molecule has 1 aromatic carbocycles. The number of nitrogen functional groups attached to an aromatic ring is 1. The largest absolute Gasteiger partial charge is 0.397 e. The molecule has 2 N–H and O–H groups in total. The average molecular weight is 190 g/mol. The van der Waals surface area contributed by atoms with Gasteiger partial charge in [0.15, 0.2) is 0 Å². The number of amides is 1. The van der Waals surface area contributed by atoms with Gasteiger partial charge in [-0.05, 0) is 25.0 Å². The highest BCUT2D eigenvalue weighted by molar-refractivity contribution is 5.98. The summed E-state index contributed by atoms with van der Waals surface area (Å²) in [5.41, 5.74) is 8.55. The summed E-state index contributed by atoms with van der Waals surface area (Å²) < 4.78 is 0. The number of carbonyl (C=O) groups is 1. The molecule has 1 fully saturated rings. The topological polar surface area (TPSA) is 46.3 Å². The van der Waals surface area contributed by atoms with E-state index in [0.717, 1.165) is 29.9 Å². The van der Waals surface area contributed by atoms with Crippen molar-refractivity contribution < 1.29 is 4.79 Å². The van der Waals surface area contributed by atoms with E-state index in [4.69, 9.17) is 5.73 Å². The molecule has 0 aromatic heterocycles. The van der Waals surface area contributed by atoms with Crippen LogP contribution in [0, 0.1) is 6.92 Å². The normalized spacial score (nSPS) is 16.4. The zero-order chi connectivity index (χ0) is 10.1. The predicted octanol–water partition coefficient (Wildman–Crippen LogP) is 1.70. The van der Waals surface area contributed by atoms with E-state index in [1.54, 1.807) is 4.90 Å². The summed E-state index contributed by atoms with van der Waals surface area (Å²) in [5, 5.41) is 0. The summed E-state index contributed by atoms with van der Waals surface area (Å²) in [7, 11) is 0. The Morgan fingerprint density at radius 1 is 1.43 bits per heavy atom. The minimum Gasteiger partial charge on any atom is -0.397 e. The van der Waals surface area contributed by atoms with E-state index in [0.29, 0.717) is 6.42 Å². The van der Waals surface area contributed by atoms with Crippen LogP contribution in [-0.2, 0) is 4.79 Å². The van der Waals surface area contributed by atoms with Gasteiger partial charge in [-0.2, -0.15) is 0 Å². The Balaban J connectivity index is 2.41. The lowest BCUT2D eigenvalue weighted by Crippen LogP contribution is -2.24. The molecule has 0 aliphatic carbocycles. The van der Waals surface area contributed by atoms with Crippen molar-refractivity contribution in [3.05, 3.63) is 23.8 Å². The summed E-state index contributed by atoms with van der Waals surface area (Å²) in [6.07, 6.45) is 1.58. The number of nitrogens with two attached hydrogens (primary N) is 1. The summed E-state index contributed by atoms with van der Waals surface area (Å²) in [6, 6.07) is 5.80.